The first-order chi connectivity index (χ1) is 13.7. The van der Waals surface area contributed by atoms with Gasteiger partial charge in [0, 0.05) is 34.6 Å². The fraction of sp³-hybridized carbons (Fsp3) is 0.0952. The second kappa shape index (κ2) is 6.61. The van der Waals surface area contributed by atoms with Gasteiger partial charge in [0.15, 0.2) is 4.96 Å². The third-order valence-electron chi connectivity index (χ3n) is 4.71. The second-order valence-corrected chi connectivity index (χ2v) is 7.40. The summed E-state index contributed by atoms with van der Waals surface area (Å²) in [4.78, 5) is 29.8. The topological polar surface area (TPSA) is 72.7 Å². The molecule has 1 amide bonds. The van der Waals surface area contributed by atoms with Crippen LogP contribution in [0.3, 0.4) is 0 Å². The van der Waals surface area contributed by atoms with Gasteiger partial charge in [-0.2, -0.15) is 0 Å². The van der Waals surface area contributed by atoms with Gasteiger partial charge in [-0.3, -0.25) is 9.20 Å². The van der Waals surface area contributed by atoms with E-state index in [0.717, 1.165) is 21.8 Å². The molecule has 0 unspecified atom stereocenters. The highest BCUT2D eigenvalue weighted by molar-refractivity contribution is 7.15. The fourth-order valence-electron chi connectivity index (χ4n) is 3.34. The van der Waals surface area contributed by atoms with Crippen molar-refractivity contribution < 1.29 is 14.3 Å². The molecule has 7 heteroatoms. The predicted octanol–water partition coefficient (Wildman–Crippen LogP) is 4.30. The van der Waals surface area contributed by atoms with Crippen LogP contribution in [0.5, 0.6) is 0 Å². The largest absolute Gasteiger partial charge is 0.453 e. The van der Waals surface area contributed by atoms with Gasteiger partial charge in [-0.25, -0.2) is 9.78 Å². The summed E-state index contributed by atoms with van der Waals surface area (Å²) in [7, 11) is 0. The molecule has 0 saturated heterocycles. The molecule has 5 rings (SSSR count). The number of rotatable bonds is 4. The van der Waals surface area contributed by atoms with Crippen LogP contribution >= 0.6 is 11.3 Å². The molecule has 1 N–H and O–H groups in total. The van der Waals surface area contributed by atoms with E-state index in [0.29, 0.717) is 11.3 Å². The van der Waals surface area contributed by atoms with Crippen molar-refractivity contribution in [3.8, 4) is 11.3 Å². The monoisotopic (exact) mass is 389 g/mol. The molecule has 0 spiro atoms. The maximum atomic E-state index is 12.4. The number of ether oxygens (including phenoxy) is 1. The van der Waals surface area contributed by atoms with Crippen molar-refractivity contribution >= 4 is 33.9 Å². The summed E-state index contributed by atoms with van der Waals surface area (Å²) < 4.78 is 7.31. The number of thiazole rings is 1. The summed E-state index contributed by atoms with van der Waals surface area (Å²) in [5.41, 5.74) is 3.85. The van der Waals surface area contributed by atoms with Crippen molar-refractivity contribution in [3.05, 3.63) is 77.4 Å². The zero-order valence-corrected chi connectivity index (χ0v) is 15.5. The Hall–Kier alpha value is -3.45. The zero-order chi connectivity index (χ0) is 19.1. The Morgan fingerprint density at radius 3 is 2.82 bits per heavy atom. The van der Waals surface area contributed by atoms with E-state index < -0.39 is 6.10 Å². The smallest absolute Gasteiger partial charge is 0.339 e. The lowest BCUT2D eigenvalue weighted by molar-refractivity contribution is -0.118. The third-order valence-corrected chi connectivity index (χ3v) is 5.48. The lowest BCUT2D eigenvalue weighted by Crippen LogP contribution is -2.15. The molecule has 0 saturated carbocycles. The zero-order valence-electron chi connectivity index (χ0n) is 14.7. The highest BCUT2D eigenvalue weighted by atomic mass is 32.1. The first-order valence-corrected chi connectivity index (χ1v) is 9.68. The number of esters is 1. The highest BCUT2D eigenvalue weighted by Crippen LogP contribution is 2.33. The number of fused-ring (bicyclic) bond motifs is 2. The van der Waals surface area contributed by atoms with Gasteiger partial charge in [0.05, 0.1) is 17.7 Å². The Morgan fingerprint density at radius 2 is 2.00 bits per heavy atom. The molecular formula is C21H15N3O3S. The minimum atomic E-state index is -0.540. The van der Waals surface area contributed by atoms with Crippen LogP contribution in [0.1, 0.15) is 28.4 Å². The van der Waals surface area contributed by atoms with E-state index >= 15 is 0 Å². The quantitative estimate of drug-likeness (QED) is 0.528. The van der Waals surface area contributed by atoms with Crippen LogP contribution < -0.4 is 5.32 Å². The minimum absolute atomic E-state index is 0.0851. The molecule has 0 bridgehead atoms. The Balaban J connectivity index is 1.27. The molecule has 0 radical (unpaired) electrons. The average Bonchev–Trinajstić information content (AvgIpc) is 3.37. The Morgan fingerprint density at radius 1 is 1.18 bits per heavy atom. The third kappa shape index (κ3) is 2.95. The average molecular weight is 389 g/mol. The van der Waals surface area contributed by atoms with Crippen molar-refractivity contribution in [2.24, 2.45) is 0 Å². The summed E-state index contributed by atoms with van der Waals surface area (Å²) in [6.45, 7) is 0. The van der Waals surface area contributed by atoms with Crippen molar-refractivity contribution in [1.29, 1.82) is 0 Å². The van der Waals surface area contributed by atoms with E-state index in [-0.39, 0.29) is 18.3 Å². The van der Waals surface area contributed by atoms with E-state index in [1.165, 1.54) is 0 Å². The maximum Gasteiger partial charge on any atom is 0.339 e. The van der Waals surface area contributed by atoms with Gasteiger partial charge in [-0.15, -0.1) is 11.3 Å². The normalized spacial score (nSPS) is 15.4. The van der Waals surface area contributed by atoms with Crippen LogP contribution in [0.25, 0.3) is 16.2 Å². The SMILES string of the molecule is O=C(C[C@@H]1OC(=O)c2ccccc21)Nc1ccc(-c2cn3ccsc3n2)cc1. The van der Waals surface area contributed by atoms with Gasteiger partial charge < -0.3 is 10.1 Å². The van der Waals surface area contributed by atoms with Crippen LogP contribution in [0.4, 0.5) is 5.69 Å². The molecule has 4 aromatic rings. The molecule has 0 fully saturated rings. The number of nitrogens with one attached hydrogen (secondary N) is 1. The molecule has 2 aromatic heterocycles. The molecule has 6 nitrogen and oxygen atoms in total. The Bertz CT molecular complexity index is 1160. The number of benzene rings is 2. The number of carbonyl (C=O) groups excluding carboxylic acids is 2. The molecule has 3 heterocycles. The van der Waals surface area contributed by atoms with Gasteiger partial charge in [-0.05, 0) is 18.2 Å². The number of imidazole rings is 1. The van der Waals surface area contributed by atoms with Crippen molar-refractivity contribution in [2.75, 3.05) is 5.32 Å². The molecular weight excluding hydrogens is 374 g/mol. The number of hydrogen-bond donors (Lipinski definition) is 1. The highest BCUT2D eigenvalue weighted by Gasteiger charge is 2.32. The number of carbonyl (C=O) groups is 2. The van der Waals surface area contributed by atoms with Gasteiger partial charge in [0.2, 0.25) is 5.91 Å². The van der Waals surface area contributed by atoms with Gasteiger partial charge >= 0.3 is 5.97 Å². The number of cyclic esters (lactones) is 1. The van der Waals surface area contributed by atoms with E-state index in [9.17, 15) is 9.59 Å². The van der Waals surface area contributed by atoms with E-state index in [4.69, 9.17) is 4.74 Å². The Labute approximate surface area is 164 Å². The summed E-state index contributed by atoms with van der Waals surface area (Å²) >= 11 is 1.58. The van der Waals surface area contributed by atoms with Crippen LogP contribution in [0, 0.1) is 0 Å². The van der Waals surface area contributed by atoms with E-state index in [1.807, 2.05) is 58.6 Å². The summed E-state index contributed by atoms with van der Waals surface area (Å²) in [6, 6.07) is 14.7. The van der Waals surface area contributed by atoms with Crippen molar-refractivity contribution in [3.63, 3.8) is 0 Å². The van der Waals surface area contributed by atoms with Crippen molar-refractivity contribution in [2.45, 2.75) is 12.5 Å². The maximum absolute atomic E-state index is 12.4. The van der Waals surface area contributed by atoms with Gasteiger partial charge in [0.1, 0.15) is 6.10 Å². The van der Waals surface area contributed by atoms with Crippen molar-refractivity contribution in [1.82, 2.24) is 9.38 Å². The lowest BCUT2D eigenvalue weighted by Gasteiger charge is -2.11. The van der Waals surface area contributed by atoms with E-state index in [2.05, 4.69) is 10.3 Å². The molecule has 1 atom stereocenters. The molecule has 138 valence electrons. The second-order valence-electron chi connectivity index (χ2n) is 6.53. The molecule has 0 aliphatic carbocycles. The molecule has 1 aliphatic rings. The summed E-state index contributed by atoms with van der Waals surface area (Å²) in [6.07, 6.45) is 3.49. The standard InChI is InChI=1S/C21H15N3O3S/c25-19(11-18-15-3-1-2-4-16(15)20(26)27-18)22-14-7-5-13(6-8-14)17-12-24-9-10-28-21(24)23-17/h1-10,12,18H,11H2,(H,22,25)/t18-/m0/s1. The molecule has 2 aromatic carbocycles. The summed E-state index contributed by atoms with van der Waals surface area (Å²) in [5.74, 6) is -0.581. The van der Waals surface area contributed by atoms with Crippen LogP contribution in [0.2, 0.25) is 0 Å². The fourth-order valence-corrected chi connectivity index (χ4v) is 4.04. The minimum Gasteiger partial charge on any atom is -0.453 e. The van der Waals surface area contributed by atoms with Crippen LogP contribution in [-0.4, -0.2) is 21.3 Å². The number of anilines is 1. The Kier molecular flexibility index (Phi) is 3.95. The number of hydrogen-bond acceptors (Lipinski definition) is 5. The van der Waals surface area contributed by atoms with Gasteiger partial charge in [0.25, 0.3) is 0 Å². The summed E-state index contributed by atoms with van der Waals surface area (Å²) in [5, 5.41) is 4.85. The molecule has 1 aliphatic heterocycles. The first kappa shape index (κ1) is 16.7. The number of nitrogens with zero attached hydrogens (tertiary/aromatic N) is 2. The van der Waals surface area contributed by atoms with Gasteiger partial charge in [-0.1, -0.05) is 30.3 Å². The molecule has 28 heavy (non-hydrogen) atoms. The van der Waals surface area contributed by atoms with Crippen LogP contribution in [-0.2, 0) is 9.53 Å². The number of aromatic nitrogens is 2. The predicted molar refractivity (Wildman–Crippen MR) is 106 cm³/mol. The number of amides is 1. The first-order valence-electron chi connectivity index (χ1n) is 8.80. The van der Waals surface area contributed by atoms with Crippen LogP contribution in [0.15, 0.2) is 66.3 Å². The lowest BCUT2D eigenvalue weighted by atomic mass is 10.0. The van der Waals surface area contributed by atoms with E-state index in [1.54, 1.807) is 23.5 Å².